The predicted octanol–water partition coefficient (Wildman–Crippen LogP) is 3.12. The Hall–Kier alpha value is -3.23. The Kier molecular flexibility index (Phi) is 4.70. The van der Waals surface area contributed by atoms with Crippen LogP contribution in [0.4, 0.5) is 13.2 Å². The maximum atomic E-state index is 13.0. The molecule has 6 nitrogen and oxygen atoms in total. The Morgan fingerprint density at radius 2 is 1.81 bits per heavy atom. The number of aromatic nitrogens is 4. The summed E-state index contributed by atoms with van der Waals surface area (Å²) in [7, 11) is 1.48. The van der Waals surface area contributed by atoms with Crippen molar-refractivity contribution in [2.45, 2.75) is 12.6 Å². The number of benzene rings is 2. The van der Waals surface area contributed by atoms with Crippen LogP contribution in [-0.4, -0.2) is 33.1 Å². The second kappa shape index (κ2) is 6.95. The van der Waals surface area contributed by atoms with Crippen molar-refractivity contribution < 1.29 is 22.7 Å². The van der Waals surface area contributed by atoms with Gasteiger partial charge >= 0.3 is 6.18 Å². The molecule has 9 heteroatoms. The molecule has 0 bridgehead atoms. The number of nitrogens with zero attached hydrogens (tertiary/aromatic N) is 4. The van der Waals surface area contributed by atoms with Crippen molar-refractivity contribution in [2.75, 3.05) is 7.11 Å². The minimum absolute atomic E-state index is 0.0119. The molecule has 134 valence electrons. The van der Waals surface area contributed by atoms with Crippen LogP contribution in [0.3, 0.4) is 0 Å². The average molecular weight is 362 g/mol. The molecule has 1 heterocycles. The van der Waals surface area contributed by atoms with E-state index in [9.17, 15) is 18.0 Å². The fraction of sp³-hybridized carbons (Fsp3) is 0.176. The van der Waals surface area contributed by atoms with Crippen molar-refractivity contribution in [1.29, 1.82) is 0 Å². The number of ether oxygens (including phenoxy) is 1. The van der Waals surface area contributed by atoms with Gasteiger partial charge in [0.15, 0.2) is 11.6 Å². The second-order valence-corrected chi connectivity index (χ2v) is 5.31. The van der Waals surface area contributed by atoms with Gasteiger partial charge in [-0.3, -0.25) is 4.79 Å². The Balaban J connectivity index is 1.86. The van der Waals surface area contributed by atoms with E-state index in [1.165, 1.54) is 19.2 Å². The van der Waals surface area contributed by atoms with E-state index in [0.717, 1.165) is 16.9 Å². The highest BCUT2D eigenvalue weighted by atomic mass is 19.4. The minimum Gasteiger partial charge on any atom is -0.494 e. The molecular weight excluding hydrogens is 349 g/mol. The van der Waals surface area contributed by atoms with Gasteiger partial charge in [0.2, 0.25) is 0 Å². The van der Waals surface area contributed by atoms with Crippen molar-refractivity contribution in [3.63, 3.8) is 0 Å². The number of methoxy groups -OCH3 is 1. The van der Waals surface area contributed by atoms with E-state index in [0.29, 0.717) is 11.4 Å². The molecule has 3 aromatic rings. The first-order valence-corrected chi connectivity index (χ1v) is 7.52. The summed E-state index contributed by atoms with van der Waals surface area (Å²) in [6.07, 6.45) is -5.02. The number of hydrogen-bond donors (Lipinski definition) is 0. The second-order valence-electron chi connectivity index (χ2n) is 5.31. The van der Waals surface area contributed by atoms with Gasteiger partial charge in [0.05, 0.1) is 19.1 Å². The van der Waals surface area contributed by atoms with Crippen molar-refractivity contribution in [3.8, 4) is 11.4 Å². The molecule has 3 rings (SSSR count). The molecule has 0 aliphatic heterocycles. The van der Waals surface area contributed by atoms with Gasteiger partial charge in [0, 0.05) is 5.56 Å². The third-order valence-corrected chi connectivity index (χ3v) is 3.61. The van der Waals surface area contributed by atoms with Gasteiger partial charge in [0.1, 0.15) is 11.4 Å². The maximum Gasteiger partial charge on any atom is 0.417 e. The molecule has 0 N–H and O–H groups in total. The fourth-order valence-corrected chi connectivity index (χ4v) is 2.42. The van der Waals surface area contributed by atoms with Crippen LogP contribution in [0.2, 0.25) is 0 Å². The monoisotopic (exact) mass is 362 g/mol. The number of Topliss-reactive ketones (excluding diaryl/α,β-unsaturated/α-hetero) is 1. The molecule has 0 aliphatic rings. The highest BCUT2D eigenvalue weighted by Crippen LogP contribution is 2.32. The molecule has 0 saturated carbocycles. The van der Waals surface area contributed by atoms with Crippen LogP contribution in [0.25, 0.3) is 5.69 Å². The fourth-order valence-electron chi connectivity index (χ4n) is 2.42. The number of alkyl halides is 3. The third-order valence-electron chi connectivity index (χ3n) is 3.61. The Morgan fingerprint density at radius 3 is 2.54 bits per heavy atom. The summed E-state index contributed by atoms with van der Waals surface area (Å²) in [6, 6.07) is 11.5. The number of halogens is 3. The molecular formula is C17H13F3N4O2. The first kappa shape index (κ1) is 17.6. The first-order chi connectivity index (χ1) is 12.4. The highest BCUT2D eigenvalue weighted by molar-refractivity contribution is 5.98. The molecule has 1 aromatic heterocycles. The lowest BCUT2D eigenvalue weighted by molar-refractivity contribution is -0.137. The number of carbonyl (C=O) groups excluding carboxylic acids is 1. The normalized spacial score (nSPS) is 11.4. The molecule has 0 spiro atoms. The molecule has 0 radical (unpaired) electrons. The largest absolute Gasteiger partial charge is 0.494 e. The van der Waals surface area contributed by atoms with Crippen molar-refractivity contribution in [3.05, 3.63) is 65.5 Å². The van der Waals surface area contributed by atoms with Crippen LogP contribution in [0, 0.1) is 0 Å². The maximum absolute atomic E-state index is 13.0. The lowest BCUT2D eigenvalue weighted by Crippen LogP contribution is -2.15. The molecule has 0 atom stereocenters. The zero-order valence-electron chi connectivity index (χ0n) is 13.6. The quantitative estimate of drug-likeness (QED) is 0.652. The smallest absolute Gasteiger partial charge is 0.417 e. The molecule has 26 heavy (non-hydrogen) atoms. The van der Waals surface area contributed by atoms with Gasteiger partial charge in [-0.15, -0.1) is 15.0 Å². The zero-order chi connectivity index (χ0) is 18.7. The average Bonchev–Trinajstić information content (AvgIpc) is 3.09. The highest BCUT2D eigenvalue weighted by Gasteiger charge is 2.34. The van der Waals surface area contributed by atoms with Crippen LogP contribution in [0.1, 0.15) is 21.7 Å². The number of rotatable bonds is 5. The van der Waals surface area contributed by atoms with Crippen LogP contribution in [0.5, 0.6) is 5.75 Å². The van der Waals surface area contributed by atoms with Crippen LogP contribution < -0.4 is 4.74 Å². The van der Waals surface area contributed by atoms with E-state index in [2.05, 4.69) is 15.4 Å². The van der Waals surface area contributed by atoms with Crippen LogP contribution in [-0.2, 0) is 12.6 Å². The molecule has 2 aromatic carbocycles. The number of hydrogen-bond acceptors (Lipinski definition) is 5. The molecule has 0 saturated heterocycles. The van der Waals surface area contributed by atoms with E-state index in [4.69, 9.17) is 4.74 Å². The Bertz CT molecular complexity index is 938. The van der Waals surface area contributed by atoms with Crippen molar-refractivity contribution >= 4 is 5.78 Å². The SMILES string of the molecule is COc1ccccc1-n1nnc(CC(=O)c2ccccc2C(F)(F)F)n1. The van der Waals surface area contributed by atoms with E-state index in [-0.39, 0.29) is 5.82 Å². The van der Waals surface area contributed by atoms with E-state index >= 15 is 0 Å². The van der Waals surface area contributed by atoms with E-state index in [1.807, 2.05) is 0 Å². The summed E-state index contributed by atoms with van der Waals surface area (Å²) in [5.74, 6) is -0.236. The lowest BCUT2D eigenvalue weighted by atomic mass is 10.0. The summed E-state index contributed by atoms with van der Waals surface area (Å²) in [5.41, 5.74) is -0.910. The number of para-hydroxylation sites is 2. The van der Waals surface area contributed by atoms with Gasteiger partial charge in [-0.05, 0) is 23.4 Å². The van der Waals surface area contributed by atoms with E-state index in [1.54, 1.807) is 24.3 Å². The molecule has 0 amide bonds. The number of carbonyl (C=O) groups is 1. The van der Waals surface area contributed by atoms with Gasteiger partial charge in [-0.2, -0.15) is 13.2 Å². The van der Waals surface area contributed by atoms with Crippen molar-refractivity contribution in [2.24, 2.45) is 0 Å². The van der Waals surface area contributed by atoms with Crippen LogP contribution >= 0.6 is 0 Å². The van der Waals surface area contributed by atoms with Gasteiger partial charge in [-0.25, -0.2) is 0 Å². The molecule has 0 fully saturated rings. The minimum atomic E-state index is -4.62. The summed E-state index contributed by atoms with van der Waals surface area (Å²) in [4.78, 5) is 13.5. The predicted molar refractivity (Wildman–Crippen MR) is 85.2 cm³/mol. The van der Waals surface area contributed by atoms with Crippen molar-refractivity contribution in [1.82, 2.24) is 20.2 Å². The Labute approximate surface area is 146 Å². The summed E-state index contributed by atoms with van der Waals surface area (Å²) < 4.78 is 44.3. The number of ketones is 1. The summed E-state index contributed by atoms with van der Waals surface area (Å²) >= 11 is 0. The summed E-state index contributed by atoms with van der Waals surface area (Å²) in [5, 5.41) is 11.6. The van der Waals surface area contributed by atoms with Gasteiger partial charge in [0.25, 0.3) is 0 Å². The number of tetrazole rings is 1. The van der Waals surface area contributed by atoms with Crippen LogP contribution in [0.15, 0.2) is 48.5 Å². The molecule has 0 aliphatic carbocycles. The molecule has 0 unspecified atom stereocenters. The van der Waals surface area contributed by atoms with Gasteiger partial charge in [-0.1, -0.05) is 30.3 Å². The third kappa shape index (κ3) is 3.56. The van der Waals surface area contributed by atoms with E-state index < -0.39 is 29.5 Å². The standard InChI is InChI=1S/C17H13F3N4O2/c1-26-15-9-5-4-8-13(15)24-22-16(21-23-24)10-14(25)11-6-2-3-7-12(11)17(18,19)20/h2-9H,10H2,1H3. The lowest BCUT2D eigenvalue weighted by Gasteiger charge is -2.10. The topological polar surface area (TPSA) is 69.9 Å². The summed E-state index contributed by atoms with van der Waals surface area (Å²) in [6.45, 7) is 0. The first-order valence-electron chi connectivity index (χ1n) is 7.52. The Morgan fingerprint density at radius 1 is 1.12 bits per heavy atom. The van der Waals surface area contributed by atoms with Gasteiger partial charge < -0.3 is 4.74 Å². The zero-order valence-corrected chi connectivity index (χ0v) is 13.6.